The quantitative estimate of drug-likeness (QED) is 0.802. The third-order valence-electron chi connectivity index (χ3n) is 3.02. The van der Waals surface area contributed by atoms with Gasteiger partial charge in [0.05, 0.1) is 8.58 Å². The van der Waals surface area contributed by atoms with Crippen LogP contribution in [0.2, 0.25) is 5.15 Å². The summed E-state index contributed by atoms with van der Waals surface area (Å²) in [6.45, 7) is 2.01. The maximum atomic E-state index is 6.28. The minimum atomic E-state index is 0.283. The van der Waals surface area contributed by atoms with Crippen LogP contribution >= 0.6 is 45.5 Å². The molecule has 1 unspecified atom stereocenters. The van der Waals surface area contributed by atoms with Gasteiger partial charge in [-0.1, -0.05) is 11.6 Å². The Bertz CT molecular complexity index is 550. The molecule has 0 radical (unpaired) electrons. The monoisotopic (exact) mass is 395 g/mol. The van der Waals surface area contributed by atoms with Gasteiger partial charge < -0.3 is 5.32 Å². The molecular weight excluding hydrogens is 381 g/mol. The molecule has 0 bridgehead atoms. The van der Waals surface area contributed by atoms with Crippen LogP contribution in [0.25, 0.3) is 0 Å². The van der Waals surface area contributed by atoms with Gasteiger partial charge in [0.25, 0.3) is 0 Å². The second-order valence-electron chi connectivity index (χ2n) is 4.21. The van der Waals surface area contributed by atoms with Crippen LogP contribution in [0.1, 0.15) is 22.9 Å². The summed E-state index contributed by atoms with van der Waals surface area (Å²) in [5.74, 6) is 0. The number of halogens is 2. The van der Waals surface area contributed by atoms with E-state index in [0.29, 0.717) is 0 Å². The van der Waals surface area contributed by atoms with Crippen molar-refractivity contribution in [2.24, 2.45) is 7.05 Å². The van der Waals surface area contributed by atoms with E-state index in [1.807, 2.05) is 21.0 Å². The summed E-state index contributed by atoms with van der Waals surface area (Å²) < 4.78 is 3.04. The first kappa shape index (κ1) is 14.3. The Labute approximate surface area is 130 Å². The van der Waals surface area contributed by atoms with E-state index in [0.717, 1.165) is 22.8 Å². The molecule has 2 aromatic rings. The van der Waals surface area contributed by atoms with Crippen molar-refractivity contribution in [1.82, 2.24) is 15.1 Å². The van der Waals surface area contributed by atoms with Crippen molar-refractivity contribution in [2.45, 2.75) is 19.4 Å². The van der Waals surface area contributed by atoms with Crippen LogP contribution < -0.4 is 5.32 Å². The van der Waals surface area contributed by atoms with Gasteiger partial charge in [0, 0.05) is 18.7 Å². The van der Waals surface area contributed by atoms with Gasteiger partial charge in [-0.2, -0.15) is 5.10 Å². The summed E-state index contributed by atoms with van der Waals surface area (Å²) >= 11 is 10.4. The molecule has 0 aliphatic rings. The Kier molecular flexibility index (Phi) is 4.69. The summed E-state index contributed by atoms with van der Waals surface area (Å²) in [6, 6.07) is 2.50. The van der Waals surface area contributed by atoms with Crippen molar-refractivity contribution in [3.63, 3.8) is 0 Å². The van der Waals surface area contributed by atoms with Crippen molar-refractivity contribution < 1.29 is 0 Å². The molecule has 0 aromatic carbocycles. The maximum Gasteiger partial charge on any atom is 0.130 e. The number of thiophene rings is 1. The highest BCUT2D eigenvalue weighted by Crippen LogP contribution is 2.28. The predicted octanol–water partition coefficient (Wildman–Crippen LogP) is 3.55. The van der Waals surface area contributed by atoms with Crippen molar-refractivity contribution in [3.8, 4) is 0 Å². The van der Waals surface area contributed by atoms with E-state index in [2.05, 4.69) is 44.5 Å². The third kappa shape index (κ3) is 2.89. The molecular formula is C12H15ClIN3S. The van der Waals surface area contributed by atoms with E-state index in [-0.39, 0.29) is 6.04 Å². The Hall–Kier alpha value is -0.110. The van der Waals surface area contributed by atoms with E-state index in [4.69, 9.17) is 11.6 Å². The van der Waals surface area contributed by atoms with Crippen LogP contribution in [-0.4, -0.2) is 16.8 Å². The molecule has 0 saturated heterocycles. The number of aryl methyl sites for hydroxylation is 2. The van der Waals surface area contributed by atoms with Gasteiger partial charge in [-0.3, -0.25) is 4.68 Å². The molecule has 2 heterocycles. The fourth-order valence-electron chi connectivity index (χ4n) is 2.00. The summed E-state index contributed by atoms with van der Waals surface area (Å²) in [6.07, 6.45) is 0.863. The van der Waals surface area contributed by atoms with Crippen molar-refractivity contribution >= 4 is 45.5 Å². The van der Waals surface area contributed by atoms with Crippen LogP contribution in [0.3, 0.4) is 0 Å². The van der Waals surface area contributed by atoms with Crippen molar-refractivity contribution in [3.05, 3.63) is 36.3 Å². The number of nitrogens with zero attached hydrogens (tertiary/aromatic N) is 2. The first-order chi connectivity index (χ1) is 8.52. The predicted molar refractivity (Wildman–Crippen MR) is 85.5 cm³/mol. The molecule has 3 nitrogen and oxygen atoms in total. The molecule has 0 spiro atoms. The molecule has 1 N–H and O–H groups in total. The highest BCUT2D eigenvalue weighted by Gasteiger charge is 2.18. The SMILES string of the molecule is CNC(Cc1c(C)nn(C)c1Cl)c1csc(I)c1. The summed E-state index contributed by atoms with van der Waals surface area (Å²) in [5, 5.41) is 10.6. The summed E-state index contributed by atoms with van der Waals surface area (Å²) in [5.41, 5.74) is 3.44. The second-order valence-corrected chi connectivity index (χ2v) is 7.37. The largest absolute Gasteiger partial charge is 0.313 e. The van der Waals surface area contributed by atoms with E-state index in [1.54, 1.807) is 16.0 Å². The standard InChI is InChI=1S/C12H15ClIN3S/c1-7-9(12(13)17(3)16-7)5-10(15-2)8-4-11(14)18-6-8/h4,6,10,15H,5H2,1-3H3. The van der Waals surface area contributed by atoms with Crippen molar-refractivity contribution in [2.75, 3.05) is 7.05 Å². The first-order valence-electron chi connectivity index (χ1n) is 5.62. The zero-order chi connectivity index (χ0) is 13.3. The number of hydrogen-bond acceptors (Lipinski definition) is 3. The van der Waals surface area contributed by atoms with Gasteiger partial charge in [0.1, 0.15) is 5.15 Å². The Morgan fingerprint density at radius 2 is 2.33 bits per heavy atom. The van der Waals surface area contributed by atoms with Crippen LogP contribution in [0.5, 0.6) is 0 Å². The van der Waals surface area contributed by atoms with Gasteiger partial charge in [0.2, 0.25) is 0 Å². The first-order valence-corrected chi connectivity index (χ1v) is 7.95. The Balaban J connectivity index is 2.25. The smallest absolute Gasteiger partial charge is 0.130 e. The van der Waals surface area contributed by atoms with Crippen LogP contribution in [0.4, 0.5) is 0 Å². The molecule has 2 aromatic heterocycles. The zero-order valence-electron chi connectivity index (χ0n) is 10.5. The summed E-state index contributed by atoms with van der Waals surface area (Å²) in [4.78, 5) is 0. The van der Waals surface area contributed by atoms with Crippen LogP contribution in [0, 0.1) is 9.81 Å². The molecule has 2 rings (SSSR count). The lowest BCUT2D eigenvalue weighted by atomic mass is 10.0. The number of rotatable bonds is 4. The molecule has 0 aliphatic heterocycles. The summed E-state index contributed by atoms with van der Waals surface area (Å²) in [7, 11) is 3.86. The highest BCUT2D eigenvalue weighted by molar-refractivity contribution is 14.1. The molecule has 18 heavy (non-hydrogen) atoms. The van der Waals surface area contributed by atoms with Crippen molar-refractivity contribution in [1.29, 1.82) is 0 Å². The van der Waals surface area contributed by atoms with Crippen LogP contribution in [-0.2, 0) is 13.5 Å². The molecule has 0 amide bonds. The molecule has 0 saturated carbocycles. The van der Waals surface area contributed by atoms with E-state index >= 15 is 0 Å². The minimum absolute atomic E-state index is 0.283. The van der Waals surface area contributed by atoms with Gasteiger partial charge in [-0.15, -0.1) is 11.3 Å². The Morgan fingerprint density at radius 1 is 1.61 bits per heavy atom. The third-order valence-corrected chi connectivity index (χ3v) is 5.30. The molecule has 0 fully saturated rings. The Morgan fingerprint density at radius 3 is 2.78 bits per heavy atom. The molecule has 1 atom stereocenters. The molecule has 0 aliphatic carbocycles. The minimum Gasteiger partial charge on any atom is -0.313 e. The van der Waals surface area contributed by atoms with Gasteiger partial charge in [-0.05, 0) is 60.0 Å². The lowest BCUT2D eigenvalue weighted by Gasteiger charge is -2.14. The molecule has 98 valence electrons. The van der Waals surface area contributed by atoms with Gasteiger partial charge in [-0.25, -0.2) is 0 Å². The topological polar surface area (TPSA) is 29.9 Å². The number of likely N-dealkylation sites (N-methyl/N-ethyl adjacent to an activating group) is 1. The highest BCUT2D eigenvalue weighted by atomic mass is 127. The average molecular weight is 396 g/mol. The lowest BCUT2D eigenvalue weighted by Crippen LogP contribution is -2.18. The number of nitrogens with one attached hydrogen (secondary N) is 1. The molecule has 6 heteroatoms. The fraction of sp³-hybridized carbons (Fsp3) is 0.417. The van der Waals surface area contributed by atoms with Gasteiger partial charge in [0.15, 0.2) is 0 Å². The lowest BCUT2D eigenvalue weighted by molar-refractivity contribution is 0.592. The van der Waals surface area contributed by atoms with E-state index in [1.165, 1.54) is 8.45 Å². The second kappa shape index (κ2) is 5.90. The van der Waals surface area contributed by atoms with Crippen LogP contribution in [0.15, 0.2) is 11.4 Å². The average Bonchev–Trinajstić information content (AvgIpc) is 2.84. The fourth-order valence-corrected chi connectivity index (χ4v) is 3.68. The van der Waals surface area contributed by atoms with Gasteiger partial charge >= 0.3 is 0 Å². The zero-order valence-corrected chi connectivity index (χ0v) is 14.2. The number of hydrogen-bond donors (Lipinski definition) is 1. The van der Waals surface area contributed by atoms with E-state index in [9.17, 15) is 0 Å². The number of aromatic nitrogens is 2. The maximum absolute atomic E-state index is 6.28. The van der Waals surface area contributed by atoms with E-state index < -0.39 is 0 Å². The normalized spacial score (nSPS) is 12.9.